The normalized spacial score (nSPS) is 13.9. The van der Waals surface area contributed by atoms with Crippen LogP contribution in [-0.4, -0.2) is 36.4 Å². The Balaban J connectivity index is 1.98. The third-order valence-electron chi connectivity index (χ3n) is 5.74. The van der Waals surface area contributed by atoms with Gasteiger partial charge >= 0.3 is 0 Å². The zero-order valence-electron chi connectivity index (χ0n) is 19.2. The van der Waals surface area contributed by atoms with Gasteiger partial charge in [0.15, 0.2) is 11.0 Å². The molecule has 166 valence electrons. The summed E-state index contributed by atoms with van der Waals surface area (Å²) in [5, 5.41) is 21.4. The van der Waals surface area contributed by atoms with Crippen molar-refractivity contribution in [3.8, 4) is 23.1 Å². The zero-order chi connectivity index (χ0) is 23.5. The molecule has 0 bridgehead atoms. The second-order valence-electron chi connectivity index (χ2n) is 8.36. The molecule has 0 fully saturated rings. The van der Waals surface area contributed by atoms with Crippen LogP contribution < -0.4 is 5.32 Å². The van der Waals surface area contributed by atoms with E-state index in [1.54, 1.807) is 19.3 Å². The fraction of sp³-hybridized carbons (Fsp3) is 0.375. The maximum absolute atomic E-state index is 12.9. The number of nitriles is 1. The summed E-state index contributed by atoms with van der Waals surface area (Å²) in [7, 11) is 0. The maximum Gasteiger partial charge on any atom is 0.234 e. The first-order valence-corrected chi connectivity index (χ1v) is 11.4. The Morgan fingerprint density at radius 2 is 1.81 bits per heavy atom. The Morgan fingerprint density at radius 1 is 1.12 bits per heavy atom. The second kappa shape index (κ2) is 9.53. The third-order valence-corrected chi connectivity index (χ3v) is 6.78. The van der Waals surface area contributed by atoms with Gasteiger partial charge in [-0.25, -0.2) is 0 Å². The number of amides is 1. The van der Waals surface area contributed by atoms with Gasteiger partial charge in [0, 0.05) is 18.0 Å². The molecule has 2 unspecified atom stereocenters. The molecule has 3 aromatic rings. The summed E-state index contributed by atoms with van der Waals surface area (Å²) in [6, 6.07) is 12.2. The molecule has 3 rings (SSSR count). The van der Waals surface area contributed by atoms with Crippen molar-refractivity contribution in [1.82, 2.24) is 25.1 Å². The molecule has 32 heavy (non-hydrogen) atoms. The van der Waals surface area contributed by atoms with E-state index in [9.17, 15) is 10.1 Å². The van der Waals surface area contributed by atoms with E-state index in [2.05, 4.69) is 52.5 Å². The lowest BCUT2D eigenvalue weighted by molar-refractivity contribution is -0.121. The van der Waals surface area contributed by atoms with E-state index in [0.717, 1.165) is 16.8 Å². The lowest BCUT2D eigenvalue weighted by atomic mass is 9.90. The summed E-state index contributed by atoms with van der Waals surface area (Å²) in [4.78, 5) is 17.0. The first kappa shape index (κ1) is 23.5. The van der Waals surface area contributed by atoms with Crippen molar-refractivity contribution < 1.29 is 4.79 Å². The SMILES string of the molecule is Cc1ccc(-n2c(SC(C)C(=O)NC(C)(C#N)C(C)C)nnc2-c2ccncc2)cc1C. The van der Waals surface area contributed by atoms with Crippen molar-refractivity contribution in [3.63, 3.8) is 0 Å². The molecule has 0 saturated heterocycles. The lowest BCUT2D eigenvalue weighted by Gasteiger charge is -2.28. The fourth-order valence-electron chi connectivity index (χ4n) is 3.00. The van der Waals surface area contributed by atoms with E-state index >= 15 is 0 Å². The predicted octanol–water partition coefficient (Wildman–Crippen LogP) is 4.48. The summed E-state index contributed by atoms with van der Waals surface area (Å²) >= 11 is 1.31. The average molecular weight is 449 g/mol. The standard InChI is InChI=1S/C24H28N6OS/c1-15(2)24(6,14-25)27-22(31)18(5)32-23-29-28-21(19-9-11-26-12-10-19)30(23)20-8-7-16(3)17(4)13-20/h7-13,15,18H,1-6H3,(H,27,31). The van der Waals surface area contributed by atoms with Crippen molar-refractivity contribution in [2.24, 2.45) is 5.92 Å². The predicted molar refractivity (Wildman–Crippen MR) is 126 cm³/mol. The van der Waals surface area contributed by atoms with Crippen LogP contribution in [0.4, 0.5) is 0 Å². The van der Waals surface area contributed by atoms with Gasteiger partial charge in [0.05, 0.1) is 17.0 Å². The van der Waals surface area contributed by atoms with Crippen molar-refractivity contribution in [2.75, 3.05) is 0 Å². The number of carbonyl (C=O) groups excluding carboxylic acids is 1. The average Bonchev–Trinajstić information content (AvgIpc) is 3.19. The van der Waals surface area contributed by atoms with Crippen molar-refractivity contribution in [1.29, 1.82) is 5.26 Å². The van der Waals surface area contributed by atoms with Crippen LogP contribution in [0.2, 0.25) is 0 Å². The molecule has 0 aliphatic rings. The molecule has 2 atom stereocenters. The highest BCUT2D eigenvalue weighted by Crippen LogP contribution is 2.31. The molecule has 0 aliphatic carbocycles. The van der Waals surface area contributed by atoms with E-state index in [1.165, 1.54) is 17.3 Å². The summed E-state index contributed by atoms with van der Waals surface area (Å²) < 4.78 is 1.96. The Hall–Kier alpha value is -3.18. The largest absolute Gasteiger partial charge is 0.337 e. The minimum Gasteiger partial charge on any atom is -0.337 e. The third kappa shape index (κ3) is 4.83. The number of nitrogens with one attached hydrogen (secondary N) is 1. The molecule has 8 heteroatoms. The number of rotatable bonds is 7. The van der Waals surface area contributed by atoms with Crippen LogP contribution >= 0.6 is 11.8 Å². The molecule has 0 radical (unpaired) electrons. The van der Waals surface area contributed by atoms with E-state index in [-0.39, 0.29) is 11.8 Å². The highest BCUT2D eigenvalue weighted by Gasteiger charge is 2.32. The highest BCUT2D eigenvalue weighted by atomic mass is 32.2. The van der Waals surface area contributed by atoms with E-state index in [1.807, 2.05) is 43.5 Å². The maximum atomic E-state index is 12.9. The number of aryl methyl sites for hydroxylation is 2. The molecule has 0 spiro atoms. The van der Waals surface area contributed by atoms with E-state index in [0.29, 0.717) is 11.0 Å². The van der Waals surface area contributed by atoms with Gasteiger partial charge in [0.2, 0.25) is 5.91 Å². The Morgan fingerprint density at radius 3 is 2.41 bits per heavy atom. The zero-order valence-corrected chi connectivity index (χ0v) is 20.1. The Bertz CT molecular complexity index is 1150. The second-order valence-corrected chi connectivity index (χ2v) is 9.67. The highest BCUT2D eigenvalue weighted by molar-refractivity contribution is 8.00. The smallest absolute Gasteiger partial charge is 0.234 e. The Labute approximate surface area is 193 Å². The van der Waals surface area contributed by atoms with Gasteiger partial charge in [-0.1, -0.05) is 31.7 Å². The number of nitrogens with zero attached hydrogens (tertiary/aromatic N) is 5. The number of hydrogen-bond acceptors (Lipinski definition) is 6. The van der Waals surface area contributed by atoms with Gasteiger partial charge in [0.1, 0.15) is 5.54 Å². The van der Waals surface area contributed by atoms with Crippen molar-refractivity contribution in [3.05, 3.63) is 53.9 Å². The number of carbonyl (C=O) groups is 1. The van der Waals surface area contributed by atoms with Gasteiger partial charge in [0.25, 0.3) is 0 Å². The molecule has 0 aliphatic heterocycles. The molecule has 1 N–H and O–H groups in total. The van der Waals surface area contributed by atoms with Crippen molar-refractivity contribution in [2.45, 2.75) is 57.5 Å². The summed E-state index contributed by atoms with van der Waals surface area (Å²) in [6.07, 6.45) is 3.43. The summed E-state index contributed by atoms with van der Waals surface area (Å²) in [5.41, 5.74) is 3.21. The monoisotopic (exact) mass is 448 g/mol. The minimum absolute atomic E-state index is 0.0221. The Kier molecular flexibility index (Phi) is 6.99. The van der Waals surface area contributed by atoms with Crippen LogP contribution in [0.1, 0.15) is 38.8 Å². The molecule has 2 heterocycles. The number of aromatic nitrogens is 4. The van der Waals surface area contributed by atoms with Crippen LogP contribution in [0.5, 0.6) is 0 Å². The van der Waals surface area contributed by atoms with Crippen LogP contribution in [0, 0.1) is 31.1 Å². The van der Waals surface area contributed by atoms with Gasteiger partial charge in [-0.3, -0.25) is 14.3 Å². The minimum atomic E-state index is -0.935. The molecule has 7 nitrogen and oxygen atoms in total. The number of benzene rings is 1. The topological polar surface area (TPSA) is 96.5 Å². The summed E-state index contributed by atoms with van der Waals surface area (Å²) in [5.74, 6) is 0.439. The molecule has 1 aromatic carbocycles. The van der Waals surface area contributed by atoms with Gasteiger partial charge in [-0.2, -0.15) is 5.26 Å². The fourth-order valence-corrected chi connectivity index (χ4v) is 3.87. The van der Waals surface area contributed by atoms with Crippen LogP contribution in [-0.2, 0) is 4.79 Å². The number of pyridine rings is 1. The van der Waals surface area contributed by atoms with Gasteiger partial charge in [-0.15, -0.1) is 10.2 Å². The molecule has 2 aromatic heterocycles. The van der Waals surface area contributed by atoms with E-state index in [4.69, 9.17) is 0 Å². The number of hydrogen-bond donors (Lipinski definition) is 1. The van der Waals surface area contributed by atoms with Crippen LogP contribution in [0.3, 0.4) is 0 Å². The summed E-state index contributed by atoms with van der Waals surface area (Å²) in [6.45, 7) is 11.5. The van der Waals surface area contributed by atoms with Crippen LogP contribution in [0.25, 0.3) is 17.1 Å². The van der Waals surface area contributed by atoms with Gasteiger partial charge in [-0.05, 0) is 69.0 Å². The molecule has 0 saturated carbocycles. The quantitative estimate of drug-likeness (QED) is 0.535. The first-order valence-electron chi connectivity index (χ1n) is 10.5. The van der Waals surface area contributed by atoms with Crippen LogP contribution in [0.15, 0.2) is 47.9 Å². The van der Waals surface area contributed by atoms with Gasteiger partial charge < -0.3 is 5.32 Å². The van der Waals surface area contributed by atoms with E-state index < -0.39 is 10.8 Å². The van der Waals surface area contributed by atoms with Crippen molar-refractivity contribution >= 4 is 17.7 Å². The molecular weight excluding hydrogens is 420 g/mol. The molecular formula is C24H28N6OS. The molecule has 1 amide bonds. The number of thioether (sulfide) groups is 1. The lowest BCUT2D eigenvalue weighted by Crippen LogP contribution is -2.51. The first-order chi connectivity index (χ1) is 15.2.